The second-order valence-electron chi connectivity index (χ2n) is 5.70. The average Bonchev–Trinajstić information content (AvgIpc) is 2.64. The van der Waals surface area contributed by atoms with Gasteiger partial charge in [-0.3, -0.25) is 0 Å². The van der Waals surface area contributed by atoms with Crippen LogP contribution in [0.3, 0.4) is 0 Å². The SMILES string of the molecule is COc1cc([C@H](O)c2cc(C(F)(F)F)cc(C(F)(F)F)c2)cc(OC)c1OC. The lowest BCUT2D eigenvalue weighted by molar-refractivity contribution is -0.143. The minimum atomic E-state index is -5.02. The fraction of sp³-hybridized carbons (Fsp3) is 0.333. The van der Waals surface area contributed by atoms with Crippen LogP contribution in [-0.4, -0.2) is 26.4 Å². The molecule has 28 heavy (non-hydrogen) atoms. The van der Waals surface area contributed by atoms with Crippen LogP contribution in [0.4, 0.5) is 26.3 Å². The van der Waals surface area contributed by atoms with Crippen LogP contribution in [0.2, 0.25) is 0 Å². The predicted octanol–water partition coefficient (Wildman–Crippen LogP) is 4.83. The molecule has 0 fully saturated rings. The summed E-state index contributed by atoms with van der Waals surface area (Å²) in [7, 11) is 3.87. The summed E-state index contributed by atoms with van der Waals surface area (Å²) < 4.78 is 93.5. The van der Waals surface area contributed by atoms with Gasteiger partial charge in [0.15, 0.2) is 11.5 Å². The molecule has 0 bridgehead atoms. The molecule has 0 aliphatic carbocycles. The van der Waals surface area contributed by atoms with Crippen LogP contribution in [-0.2, 0) is 12.4 Å². The average molecular weight is 410 g/mol. The zero-order valence-corrected chi connectivity index (χ0v) is 14.9. The number of rotatable bonds is 5. The van der Waals surface area contributed by atoms with Crippen LogP contribution >= 0.6 is 0 Å². The van der Waals surface area contributed by atoms with E-state index in [1.54, 1.807) is 0 Å². The number of alkyl halides is 6. The summed E-state index contributed by atoms with van der Waals surface area (Å²) in [5, 5.41) is 10.5. The molecule has 0 saturated carbocycles. The summed E-state index contributed by atoms with van der Waals surface area (Å²) in [6.07, 6.45) is -11.9. The van der Waals surface area contributed by atoms with Gasteiger partial charge in [-0.2, -0.15) is 26.3 Å². The Morgan fingerprint density at radius 1 is 0.679 bits per heavy atom. The van der Waals surface area contributed by atoms with Gasteiger partial charge in [0.25, 0.3) is 0 Å². The number of hydrogen-bond donors (Lipinski definition) is 1. The van der Waals surface area contributed by atoms with Gasteiger partial charge in [-0.05, 0) is 41.5 Å². The molecule has 1 N–H and O–H groups in total. The summed E-state index contributed by atoms with van der Waals surface area (Å²) in [5.41, 5.74) is -3.67. The topological polar surface area (TPSA) is 47.9 Å². The van der Waals surface area contributed by atoms with E-state index in [4.69, 9.17) is 14.2 Å². The highest BCUT2D eigenvalue weighted by atomic mass is 19.4. The molecule has 0 aliphatic heterocycles. The molecule has 0 radical (unpaired) electrons. The molecule has 0 saturated heterocycles. The molecule has 0 unspecified atom stereocenters. The van der Waals surface area contributed by atoms with Crippen molar-refractivity contribution in [1.82, 2.24) is 0 Å². The third-order valence-electron chi connectivity index (χ3n) is 3.93. The van der Waals surface area contributed by atoms with E-state index in [2.05, 4.69) is 0 Å². The summed E-state index contributed by atoms with van der Waals surface area (Å²) >= 11 is 0. The Kier molecular flexibility index (Phi) is 6.03. The number of aliphatic hydroxyl groups excluding tert-OH is 1. The fourth-order valence-electron chi connectivity index (χ4n) is 2.59. The molecule has 154 valence electrons. The molecular formula is C18H16F6O4. The Labute approximate surface area is 156 Å². The van der Waals surface area contributed by atoms with Crippen molar-refractivity contribution in [2.45, 2.75) is 18.5 Å². The van der Waals surface area contributed by atoms with Gasteiger partial charge < -0.3 is 19.3 Å². The number of ether oxygens (including phenoxy) is 3. The van der Waals surface area contributed by atoms with Crippen molar-refractivity contribution in [1.29, 1.82) is 0 Å². The van der Waals surface area contributed by atoms with Crippen molar-refractivity contribution in [2.24, 2.45) is 0 Å². The number of hydrogen-bond acceptors (Lipinski definition) is 4. The smallest absolute Gasteiger partial charge is 0.416 e. The van der Waals surface area contributed by atoms with Crippen LogP contribution in [0.15, 0.2) is 30.3 Å². The lowest BCUT2D eigenvalue weighted by Gasteiger charge is -2.20. The third kappa shape index (κ3) is 4.44. The van der Waals surface area contributed by atoms with Crippen molar-refractivity contribution in [2.75, 3.05) is 21.3 Å². The van der Waals surface area contributed by atoms with Crippen LogP contribution in [0.5, 0.6) is 17.2 Å². The standard InChI is InChI=1S/C18H16F6O4/c1-26-13-6-10(7-14(27-2)16(13)28-3)15(25)9-4-11(17(19,20)21)8-12(5-9)18(22,23)24/h4-8,15,25H,1-3H3/t15-/m1/s1. The van der Waals surface area contributed by atoms with Crippen molar-refractivity contribution in [3.63, 3.8) is 0 Å². The zero-order valence-electron chi connectivity index (χ0n) is 14.9. The molecule has 0 amide bonds. The summed E-state index contributed by atoms with van der Waals surface area (Å²) in [5.74, 6) is 0.318. The Morgan fingerprint density at radius 2 is 1.07 bits per heavy atom. The van der Waals surface area contributed by atoms with Gasteiger partial charge in [-0.25, -0.2) is 0 Å². The van der Waals surface area contributed by atoms with Gasteiger partial charge in [0.05, 0.1) is 32.5 Å². The fourth-order valence-corrected chi connectivity index (χ4v) is 2.59. The van der Waals surface area contributed by atoms with Crippen LogP contribution < -0.4 is 14.2 Å². The minimum absolute atomic E-state index is 0.00852. The molecule has 0 aromatic heterocycles. The van der Waals surface area contributed by atoms with E-state index >= 15 is 0 Å². The molecule has 1 atom stereocenters. The number of halogens is 6. The first-order valence-corrected chi connectivity index (χ1v) is 7.69. The number of methoxy groups -OCH3 is 3. The van der Waals surface area contributed by atoms with E-state index in [1.807, 2.05) is 0 Å². The first-order chi connectivity index (χ1) is 12.9. The first-order valence-electron chi connectivity index (χ1n) is 7.69. The van der Waals surface area contributed by atoms with E-state index in [0.717, 1.165) is 0 Å². The van der Waals surface area contributed by atoms with Crippen molar-refractivity contribution >= 4 is 0 Å². The normalized spacial score (nSPS) is 13.2. The van der Waals surface area contributed by atoms with Crippen molar-refractivity contribution in [3.8, 4) is 17.2 Å². The van der Waals surface area contributed by atoms with Crippen LogP contribution in [0.1, 0.15) is 28.4 Å². The highest BCUT2D eigenvalue weighted by Crippen LogP contribution is 2.42. The lowest BCUT2D eigenvalue weighted by atomic mass is 9.96. The van der Waals surface area contributed by atoms with E-state index in [1.165, 1.54) is 33.5 Å². The molecule has 2 aromatic rings. The van der Waals surface area contributed by atoms with Gasteiger partial charge >= 0.3 is 12.4 Å². The highest BCUT2D eigenvalue weighted by molar-refractivity contribution is 5.55. The van der Waals surface area contributed by atoms with Crippen LogP contribution in [0, 0.1) is 0 Å². The molecule has 2 rings (SSSR count). The zero-order chi connectivity index (χ0) is 21.3. The first kappa shape index (κ1) is 21.7. The van der Waals surface area contributed by atoms with Gasteiger partial charge in [-0.15, -0.1) is 0 Å². The Morgan fingerprint density at radius 3 is 1.39 bits per heavy atom. The summed E-state index contributed by atoms with van der Waals surface area (Å²) in [6.45, 7) is 0. The number of benzene rings is 2. The van der Waals surface area contributed by atoms with Gasteiger partial charge in [0, 0.05) is 0 Å². The van der Waals surface area contributed by atoms with Gasteiger partial charge in [0.2, 0.25) is 5.75 Å². The Balaban J connectivity index is 2.64. The van der Waals surface area contributed by atoms with Gasteiger partial charge in [0.1, 0.15) is 6.10 Å². The molecule has 0 spiro atoms. The molecule has 4 nitrogen and oxygen atoms in total. The van der Waals surface area contributed by atoms with Crippen molar-refractivity contribution < 1.29 is 45.7 Å². The second kappa shape index (κ2) is 7.78. The molecule has 10 heteroatoms. The maximum Gasteiger partial charge on any atom is 0.416 e. The van der Waals surface area contributed by atoms with Crippen LogP contribution in [0.25, 0.3) is 0 Å². The number of aliphatic hydroxyl groups is 1. The lowest BCUT2D eigenvalue weighted by Crippen LogP contribution is -2.13. The quantitative estimate of drug-likeness (QED) is 0.718. The maximum atomic E-state index is 13.0. The van der Waals surface area contributed by atoms with E-state index in [-0.39, 0.29) is 28.9 Å². The second-order valence-corrected chi connectivity index (χ2v) is 5.70. The van der Waals surface area contributed by atoms with Crippen molar-refractivity contribution in [3.05, 3.63) is 52.6 Å². The summed E-state index contributed by atoms with van der Waals surface area (Å²) in [6, 6.07) is 3.39. The van der Waals surface area contributed by atoms with E-state index in [0.29, 0.717) is 12.1 Å². The van der Waals surface area contributed by atoms with E-state index in [9.17, 15) is 31.4 Å². The predicted molar refractivity (Wildman–Crippen MR) is 86.6 cm³/mol. The molecular weight excluding hydrogens is 394 g/mol. The maximum absolute atomic E-state index is 13.0. The molecule has 2 aromatic carbocycles. The summed E-state index contributed by atoms with van der Waals surface area (Å²) in [4.78, 5) is 0. The monoisotopic (exact) mass is 410 g/mol. The van der Waals surface area contributed by atoms with Gasteiger partial charge in [-0.1, -0.05) is 0 Å². The Hall–Kier alpha value is -2.62. The molecule has 0 heterocycles. The Bertz CT molecular complexity index is 788. The molecule has 0 aliphatic rings. The highest BCUT2D eigenvalue weighted by Gasteiger charge is 2.37. The third-order valence-corrected chi connectivity index (χ3v) is 3.93. The minimum Gasteiger partial charge on any atom is -0.493 e. The van der Waals surface area contributed by atoms with E-state index < -0.39 is 35.1 Å². The largest absolute Gasteiger partial charge is 0.493 e.